The Morgan fingerprint density at radius 1 is 1.32 bits per heavy atom. The lowest BCUT2D eigenvalue weighted by Crippen LogP contribution is -2.06. The predicted molar refractivity (Wildman–Crippen MR) is 69.3 cm³/mol. The summed E-state index contributed by atoms with van der Waals surface area (Å²) < 4.78 is 1.77. The molecular formula is C14H15N3O2. The second kappa shape index (κ2) is 4.84. The van der Waals surface area contributed by atoms with E-state index in [1.165, 1.54) is 0 Å². The largest absolute Gasteiger partial charge is 0.481 e. The van der Waals surface area contributed by atoms with E-state index in [2.05, 4.69) is 10.1 Å². The van der Waals surface area contributed by atoms with Gasteiger partial charge in [0.25, 0.3) is 0 Å². The molecule has 5 nitrogen and oxygen atoms in total. The van der Waals surface area contributed by atoms with Gasteiger partial charge in [-0.2, -0.15) is 5.10 Å². The van der Waals surface area contributed by atoms with Gasteiger partial charge in [0.15, 0.2) is 5.82 Å². The van der Waals surface area contributed by atoms with Gasteiger partial charge < -0.3 is 5.11 Å². The molecular weight excluding hydrogens is 242 g/mol. The number of aliphatic carboxylic acids is 1. The van der Waals surface area contributed by atoms with Gasteiger partial charge in [-0.25, -0.2) is 9.67 Å². The predicted octanol–water partition coefficient (Wildman–Crippen LogP) is 2.16. The second-order valence-electron chi connectivity index (χ2n) is 4.80. The number of para-hydroxylation sites is 1. The van der Waals surface area contributed by atoms with Crippen molar-refractivity contribution in [3.8, 4) is 5.69 Å². The minimum atomic E-state index is -0.810. The number of benzene rings is 1. The Balaban J connectivity index is 1.93. The maximum Gasteiger partial charge on any atom is 0.303 e. The summed E-state index contributed by atoms with van der Waals surface area (Å²) >= 11 is 0. The molecule has 19 heavy (non-hydrogen) atoms. The highest BCUT2D eigenvalue weighted by Gasteiger charge is 2.29. The van der Waals surface area contributed by atoms with Crippen molar-refractivity contribution < 1.29 is 9.90 Å². The summed E-state index contributed by atoms with van der Waals surface area (Å²) in [5.74, 6) is 1.24. The van der Waals surface area contributed by atoms with E-state index in [4.69, 9.17) is 5.11 Å². The van der Waals surface area contributed by atoms with Crippen LogP contribution >= 0.6 is 0 Å². The topological polar surface area (TPSA) is 68.0 Å². The smallest absolute Gasteiger partial charge is 0.303 e. The lowest BCUT2D eigenvalue weighted by Gasteiger charge is -2.04. The summed E-state index contributed by atoms with van der Waals surface area (Å²) in [6.45, 7) is 0. The standard InChI is InChI=1S/C14H15N3O2/c18-13(19)9-8-12-15-14(10-6-7-10)16-17(12)11-4-2-1-3-5-11/h1-5,10H,6-9H2,(H,18,19). The van der Waals surface area contributed by atoms with E-state index >= 15 is 0 Å². The molecule has 1 aliphatic carbocycles. The van der Waals surface area contributed by atoms with Crippen LogP contribution in [-0.2, 0) is 11.2 Å². The molecule has 2 aromatic rings. The van der Waals surface area contributed by atoms with Crippen molar-refractivity contribution in [2.75, 3.05) is 0 Å². The zero-order valence-corrected chi connectivity index (χ0v) is 10.5. The molecule has 0 atom stereocenters. The van der Waals surface area contributed by atoms with Gasteiger partial charge in [0.1, 0.15) is 5.82 Å². The van der Waals surface area contributed by atoms with Gasteiger partial charge in [-0.1, -0.05) is 18.2 Å². The molecule has 1 N–H and O–H groups in total. The molecule has 0 aliphatic heterocycles. The fourth-order valence-corrected chi connectivity index (χ4v) is 2.03. The molecule has 0 bridgehead atoms. The molecule has 1 fully saturated rings. The Morgan fingerprint density at radius 2 is 2.05 bits per heavy atom. The first-order valence-corrected chi connectivity index (χ1v) is 6.47. The Labute approximate surface area is 110 Å². The molecule has 1 aromatic carbocycles. The second-order valence-corrected chi connectivity index (χ2v) is 4.80. The number of rotatable bonds is 5. The highest BCUT2D eigenvalue weighted by atomic mass is 16.4. The molecule has 0 radical (unpaired) electrons. The third-order valence-corrected chi connectivity index (χ3v) is 3.20. The molecule has 0 amide bonds. The highest BCUT2D eigenvalue weighted by molar-refractivity contribution is 5.66. The van der Waals surface area contributed by atoms with Crippen LogP contribution in [0.1, 0.15) is 36.8 Å². The van der Waals surface area contributed by atoms with Crippen molar-refractivity contribution in [3.05, 3.63) is 42.0 Å². The average Bonchev–Trinajstić information content (AvgIpc) is 3.18. The van der Waals surface area contributed by atoms with Gasteiger partial charge in [0.2, 0.25) is 0 Å². The maximum atomic E-state index is 10.7. The molecule has 0 spiro atoms. The molecule has 5 heteroatoms. The van der Waals surface area contributed by atoms with Crippen LogP contribution in [0.15, 0.2) is 30.3 Å². The molecule has 1 aromatic heterocycles. The fraction of sp³-hybridized carbons (Fsp3) is 0.357. The number of nitrogens with zero attached hydrogens (tertiary/aromatic N) is 3. The Bertz CT molecular complexity index is 588. The SMILES string of the molecule is O=C(O)CCc1nc(C2CC2)nn1-c1ccccc1. The molecule has 0 saturated heterocycles. The Kier molecular flexibility index (Phi) is 3.03. The van der Waals surface area contributed by atoms with Crippen LogP contribution in [0.5, 0.6) is 0 Å². The summed E-state index contributed by atoms with van der Waals surface area (Å²) in [7, 11) is 0. The molecule has 1 aliphatic rings. The quantitative estimate of drug-likeness (QED) is 0.891. The van der Waals surface area contributed by atoms with Gasteiger partial charge in [-0.15, -0.1) is 0 Å². The van der Waals surface area contributed by atoms with E-state index < -0.39 is 5.97 Å². The van der Waals surface area contributed by atoms with Crippen molar-refractivity contribution in [1.29, 1.82) is 0 Å². The van der Waals surface area contributed by atoms with Gasteiger partial charge in [0, 0.05) is 12.3 Å². The van der Waals surface area contributed by atoms with Crippen molar-refractivity contribution >= 4 is 5.97 Å². The van der Waals surface area contributed by atoms with E-state index in [1.807, 2.05) is 30.3 Å². The van der Waals surface area contributed by atoms with Crippen LogP contribution in [0.2, 0.25) is 0 Å². The van der Waals surface area contributed by atoms with Crippen molar-refractivity contribution in [3.63, 3.8) is 0 Å². The van der Waals surface area contributed by atoms with Crippen molar-refractivity contribution in [1.82, 2.24) is 14.8 Å². The van der Waals surface area contributed by atoms with E-state index in [9.17, 15) is 4.79 Å². The zero-order valence-electron chi connectivity index (χ0n) is 10.5. The Morgan fingerprint density at radius 3 is 2.68 bits per heavy atom. The van der Waals surface area contributed by atoms with Crippen molar-refractivity contribution in [2.45, 2.75) is 31.6 Å². The summed E-state index contributed by atoms with van der Waals surface area (Å²) in [4.78, 5) is 15.2. The van der Waals surface area contributed by atoms with Gasteiger partial charge in [0.05, 0.1) is 12.1 Å². The van der Waals surface area contributed by atoms with Crippen molar-refractivity contribution in [2.24, 2.45) is 0 Å². The van der Waals surface area contributed by atoms with E-state index in [0.717, 1.165) is 30.2 Å². The van der Waals surface area contributed by atoms with Crippen LogP contribution in [0.3, 0.4) is 0 Å². The first-order chi connectivity index (χ1) is 9.24. The number of aromatic nitrogens is 3. The van der Waals surface area contributed by atoms with Crippen LogP contribution < -0.4 is 0 Å². The molecule has 98 valence electrons. The number of hydrogen-bond acceptors (Lipinski definition) is 3. The normalized spacial score (nSPS) is 14.5. The van der Waals surface area contributed by atoms with E-state index in [1.54, 1.807) is 4.68 Å². The number of hydrogen-bond donors (Lipinski definition) is 1. The van der Waals surface area contributed by atoms with E-state index in [-0.39, 0.29) is 6.42 Å². The molecule has 3 rings (SSSR count). The number of carboxylic acids is 1. The fourth-order valence-electron chi connectivity index (χ4n) is 2.03. The lowest BCUT2D eigenvalue weighted by atomic mass is 10.3. The van der Waals surface area contributed by atoms with Crippen LogP contribution in [0.4, 0.5) is 0 Å². The lowest BCUT2D eigenvalue weighted by molar-refractivity contribution is -0.137. The summed E-state index contributed by atoms with van der Waals surface area (Å²) in [5.41, 5.74) is 0.933. The van der Waals surface area contributed by atoms with Gasteiger partial charge in [-0.05, 0) is 25.0 Å². The Hall–Kier alpha value is -2.17. The third kappa shape index (κ3) is 2.65. The molecule has 1 saturated carbocycles. The molecule has 1 heterocycles. The minimum Gasteiger partial charge on any atom is -0.481 e. The third-order valence-electron chi connectivity index (χ3n) is 3.20. The highest BCUT2D eigenvalue weighted by Crippen LogP contribution is 2.38. The zero-order chi connectivity index (χ0) is 13.2. The first kappa shape index (κ1) is 11.9. The average molecular weight is 257 g/mol. The minimum absolute atomic E-state index is 0.0790. The number of carbonyl (C=O) groups is 1. The number of aryl methyl sites for hydroxylation is 1. The van der Waals surface area contributed by atoms with Crippen LogP contribution in [0, 0.1) is 0 Å². The maximum absolute atomic E-state index is 10.7. The summed E-state index contributed by atoms with van der Waals surface area (Å²) in [6.07, 6.45) is 2.76. The number of carboxylic acid groups (broad SMARTS) is 1. The van der Waals surface area contributed by atoms with Crippen LogP contribution in [-0.4, -0.2) is 25.8 Å². The first-order valence-electron chi connectivity index (χ1n) is 6.47. The van der Waals surface area contributed by atoms with Gasteiger partial charge >= 0.3 is 5.97 Å². The summed E-state index contributed by atoms with van der Waals surface area (Å²) in [6, 6.07) is 9.73. The monoisotopic (exact) mass is 257 g/mol. The van der Waals surface area contributed by atoms with E-state index in [0.29, 0.717) is 12.3 Å². The van der Waals surface area contributed by atoms with Gasteiger partial charge in [-0.3, -0.25) is 4.79 Å². The van der Waals surface area contributed by atoms with Crippen LogP contribution in [0.25, 0.3) is 5.69 Å². The summed E-state index contributed by atoms with van der Waals surface area (Å²) in [5, 5.41) is 13.3. The molecule has 0 unspecified atom stereocenters.